The van der Waals surface area contributed by atoms with Gasteiger partial charge in [-0.15, -0.1) is 0 Å². The molecule has 0 spiro atoms. The van der Waals surface area contributed by atoms with Crippen LogP contribution in [0, 0.1) is 0 Å². The average molecular weight is 314 g/mol. The number of carbonyl (C=O) groups is 1. The van der Waals surface area contributed by atoms with Crippen molar-refractivity contribution in [1.29, 1.82) is 0 Å². The zero-order chi connectivity index (χ0) is 13.8. The molecular formula is C13H12ClNO2S2. The lowest BCUT2D eigenvalue weighted by atomic mass is 10.2. The molecule has 1 saturated heterocycles. The third-order valence-corrected chi connectivity index (χ3v) is 3.76. The summed E-state index contributed by atoms with van der Waals surface area (Å²) >= 11 is 12.2. The molecule has 1 heterocycles. The van der Waals surface area contributed by atoms with E-state index in [0.717, 1.165) is 12.0 Å². The Morgan fingerprint density at radius 3 is 2.95 bits per heavy atom. The number of carbonyl (C=O) groups excluding carboxylic acids is 1. The zero-order valence-electron chi connectivity index (χ0n) is 10.2. The number of thiocarbonyl (C=S) groups is 1. The van der Waals surface area contributed by atoms with Gasteiger partial charge in [0.05, 0.1) is 11.5 Å². The molecule has 0 radical (unpaired) electrons. The number of hydrogen-bond acceptors (Lipinski definition) is 4. The Balaban J connectivity index is 2.32. The Bertz CT molecular complexity index is 558. The van der Waals surface area contributed by atoms with E-state index in [9.17, 15) is 4.79 Å². The van der Waals surface area contributed by atoms with Crippen LogP contribution >= 0.6 is 35.6 Å². The summed E-state index contributed by atoms with van der Waals surface area (Å²) in [6.07, 6.45) is 2.66. The fourth-order valence-electron chi connectivity index (χ4n) is 1.54. The van der Waals surface area contributed by atoms with Gasteiger partial charge >= 0.3 is 0 Å². The molecule has 1 amide bonds. The quantitative estimate of drug-likeness (QED) is 0.680. The van der Waals surface area contributed by atoms with Crippen LogP contribution in [0.5, 0.6) is 5.75 Å². The fourth-order valence-corrected chi connectivity index (χ4v) is 2.75. The number of nitrogens with one attached hydrogen (secondary N) is 1. The number of hydrogen-bond donors (Lipinski definition) is 1. The van der Waals surface area contributed by atoms with Crippen LogP contribution in [-0.4, -0.2) is 16.8 Å². The molecule has 19 heavy (non-hydrogen) atoms. The summed E-state index contributed by atoms with van der Waals surface area (Å²) in [6, 6.07) is 5.34. The highest BCUT2D eigenvalue weighted by Crippen LogP contribution is 2.30. The van der Waals surface area contributed by atoms with Gasteiger partial charge in [0, 0.05) is 10.6 Å². The van der Waals surface area contributed by atoms with E-state index in [2.05, 4.69) is 5.32 Å². The number of benzene rings is 1. The molecule has 0 aromatic heterocycles. The highest BCUT2D eigenvalue weighted by atomic mass is 35.5. The van der Waals surface area contributed by atoms with E-state index in [1.54, 1.807) is 24.3 Å². The van der Waals surface area contributed by atoms with Crippen LogP contribution in [0.25, 0.3) is 6.08 Å². The van der Waals surface area contributed by atoms with Crippen LogP contribution in [0.2, 0.25) is 5.02 Å². The van der Waals surface area contributed by atoms with Gasteiger partial charge in [-0.25, -0.2) is 0 Å². The minimum Gasteiger partial charge on any atom is -0.493 e. The maximum atomic E-state index is 11.6. The highest BCUT2D eigenvalue weighted by molar-refractivity contribution is 8.26. The number of thioether (sulfide) groups is 1. The van der Waals surface area contributed by atoms with Crippen LogP contribution in [0.4, 0.5) is 0 Å². The van der Waals surface area contributed by atoms with Gasteiger partial charge in [-0.3, -0.25) is 4.79 Å². The zero-order valence-corrected chi connectivity index (χ0v) is 12.6. The molecule has 1 aliphatic rings. The average Bonchev–Trinajstić information content (AvgIpc) is 2.67. The predicted molar refractivity (Wildman–Crippen MR) is 83.5 cm³/mol. The Hall–Kier alpha value is -1.04. The van der Waals surface area contributed by atoms with Crippen LogP contribution < -0.4 is 10.1 Å². The molecule has 0 aliphatic carbocycles. The Labute approximate surface area is 126 Å². The number of amides is 1. The van der Waals surface area contributed by atoms with Gasteiger partial charge in [0.15, 0.2) is 0 Å². The van der Waals surface area contributed by atoms with Gasteiger partial charge in [-0.2, -0.15) is 0 Å². The van der Waals surface area contributed by atoms with E-state index in [-0.39, 0.29) is 5.91 Å². The maximum Gasteiger partial charge on any atom is 0.263 e. The van der Waals surface area contributed by atoms with E-state index < -0.39 is 0 Å². The van der Waals surface area contributed by atoms with Gasteiger partial charge in [-0.05, 0) is 30.7 Å². The summed E-state index contributed by atoms with van der Waals surface area (Å²) < 4.78 is 6.10. The van der Waals surface area contributed by atoms with Gasteiger partial charge in [0.1, 0.15) is 10.1 Å². The third kappa shape index (κ3) is 3.72. The van der Waals surface area contributed by atoms with Crippen molar-refractivity contribution in [3.63, 3.8) is 0 Å². The van der Waals surface area contributed by atoms with E-state index in [1.807, 2.05) is 6.92 Å². The lowest BCUT2D eigenvalue weighted by Gasteiger charge is -2.08. The summed E-state index contributed by atoms with van der Waals surface area (Å²) in [5.74, 6) is 0.529. The SMILES string of the molecule is CCCOc1ccc(Cl)cc1/C=C1/SC(=S)NC1=O. The lowest BCUT2D eigenvalue weighted by molar-refractivity contribution is -0.115. The Morgan fingerprint density at radius 2 is 2.32 bits per heavy atom. The predicted octanol–water partition coefficient (Wildman–Crippen LogP) is 3.62. The van der Waals surface area contributed by atoms with E-state index >= 15 is 0 Å². The summed E-state index contributed by atoms with van der Waals surface area (Å²) in [7, 11) is 0. The van der Waals surface area contributed by atoms with Crippen molar-refractivity contribution in [2.24, 2.45) is 0 Å². The van der Waals surface area contributed by atoms with Gasteiger partial charge in [0.25, 0.3) is 5.91 Å². The van der Waals surface area contributed by atoms with Crippen LogP contribution in [0.15, 0.2) is 23.1 Å². The van der Waals surface area contributed by atoms with Crippen LogP contribution in [-0.2, 0) is 4.79 Å². The van der Waals surface area contributed by atoms with Crippen molar-refractivity contribution in [3.8, 4) is 5.75 Å². The summed E-state index contributed by atoms with van der Waals surface area (Å²) in [5, 5.41) is 3.18. The Morgan fingerprint density at radius 1 is 1.53 bits per heavy atom. The van der Waals surface area contributed by atoms with Crippen molar-refractivity contribution < 1.29 is 9.53 Å². The topological polar surface area (TPSA) is 38.3 Å². The monoisotopic (exact) mass is 313 g/mol. The van der Waals surface area contributed by atoms with Crippen molar-refractivity contribution >= 4 is 51.9 Å². The second-order valence-corrected chi connectivity index (χ2v) is 6.04. The van der Waals surface area contributed by atoms with E-state index in [0.29, 0.717) is 26.6 Å². The van der Waals surface area contributed by atoms with Crippen molar-refractivity contribution in [3.05, 3.63) is 33.7 Å². The van der Waals surface area contributed by atoms with Gasteiger partial charge < -0.3 is 10.1 Å². The Kier molecular flexibility index (Phi) is 4.85. The highest BCUT2D eigenvalue weighted by Gasteiger charge is 2.22. The molecule has 1 fully saturated rings. The number of ether oxygens (including phenoxy) is 1. The largest absolute Gasteiger partial charge is 0.493 e. The second kappa shape index (κ2) is 6.41. The normalized spacial score (nSPS) is 16.8. The maximum absolute atomic E-state index is 11.6. The molecule has 0 unspecified atom stereocenters. The number of halogens is 1. The molecule has 1 aliphatic heterocycles. The molecule has 0 atom stereocenters. The molecule has 0 bridgehead atoms. The van der Waals surface area contributed by atoms with Crippen LogP contribution in [0.3, 0.4) is 0 Å². The van der Waals surface area contributed by atoms with Crippen LogP contribution in [0.1, 0.15) is 18.9 Å². The summed E-state index contributed by atoms with van der Waals surface area (Å²) in [4.78, 5) is 12.2. The molecule has 1 aromatic carbocycles. The molecule has 1 aromatic rings. The molecule has 1 N–H and O–H groups in total. The first-order chi connectivity index (χ1) is 9.10. The fraction of sp³-hybridized carbons (Fsp3) is 0.231. The molecule has 2 rings (SSSR count). The summed E-state index contributed by atoms with van der Waals surface area (Å²) in [5.41, 5.74) is 0.781. The lowest BCUT2D eigenvalue weighted by Crippen LogP contribution is -2.17. The molecule has 6 heteroatoms. The first kappa shape index (κ1) is 14.4. The standard InChI is InChI=1S/C13H12ClNO2S2/c1-2-5-17-10-4-3-9(14)6-8(10)7-11-12(16)15-13(18)19-11/h3-4,6-7H,2,5H2,1H3,(H,15,16,18)/b11-7+. The minimum absolute atomic E-state index is 0.184. The van der Waals surface area contributed by atoms with Gasteiger partial charge in [-0.1, -0.05) is 42.5 Å². The smallest absolute Gasteiger partial charge is 0.263 e. The minimum atomic E-state index is -0.184. The second-order valence-electron chi connectivity index (χ2n) is 3.88. The van der Waals surface area contributed by atoms with Crippen molar-refractivity contribution in [2.45, 2.75) is 13.3 Å². The van der Waals surface area contributed by atoms with Gasteiger partial charge in [0.2, 0.25) is 0 Å². The third-order valence-electron chi connectivity index (χ3n) is 2.36. The summed E-state index contributed by atoms with van der Waals surface area (Å²) in [6.45, 7) is 2.66. The first-order valence-electron chi connectivity index (χ1n) is 5.77. The molecule has 0 saturated carbocycles. The number of rotatable bonds is 4. The first-order valence-corrected chi connectivity index (χ1v) is 7.37. The van der Waals surface area contributed by atoms with Crippen molar-refractivity contribution in [1.82, 2.24) is 5.32 Å². The van der Waals surface area contributed by atoms with E-state index in [4.69, 9.17) is 28.6 Å². The molecule has 100 valence electrons. The molecular weight excluding hydrogens is 302 g/mol. The molecule has 3 nitrogen and oxygen atoms in total. The van der Waals surface area contributed by atoms with Crippen molar-refractivity contribution in [2.75, 3.05) is 6.61 Å². The van der Waals surface area contributed by atoms with E-state index in [1.165, 1.54) is 11.8 Å².